The summed E-state index contributed by atoms with van der Waals surface area (Å²) in [5, 5.41) is 0. The Labute approximate surface area is 220 Å². The van der Waals surface area contributed by atoms with Gasteiger partial charge in [0.1, 0.15) is 5.76 Å². The second kappa shape index (κ2) is 12.3. The molecule has 0 fully saturated rings. The van der Waals surface area contributed by atoms with E-state index in [0.29, 0.717) is 18.4 Å². The third kappa shape index (κ3) is 6.38. The highest BCUT2D eigenvalue weighted by molar-refractivity contribution is 5.58. The number of benzene rings is 2. The van der Waals surface area contributed by atoms with Gasteiger partial charge in [-0.05, 0) is 105 Å². The van der Waals surface area contributed by atoms with Crippen molar-refractivity contribution in [2.24, 2.45) is 5.92 Å². The van der Waals surface area contributed by atoms with Gasteiger partial charge in [-0.3, -0.25) is 0 Å². The van der Waals surface area contributed by atoms with Crippen LogP contribution >= 0.6 is 0 Å². The summed E-state index contributed by atoms with van der Waals surface area (Å²) in [7, 11) is 0. The Bertz CT molecular complexity index is 1200. The largest absolute Gasteiger partial charge is 0.494 e. The summed E-state index contributed by atoms with van der Waals surface area (Å²) in [6, 6.07) is 13.4. The third-order valence-electron chi connectivity index (χ3n) is 7.69. The molecule has 0 N–H and O–H groups in total. The van der Waals surface area contributed by atoms with E-state index in [4.69, 9.17) is 4.74 Å². The molecule has 0 heterocycles. The van der Waals surface area contributed by atoms with Crippen LogP contribution in [0.1, 0.15) is 79.3 Å². The Kier molecular flexibility index (Phi) is 9.37. The molecule has 0 saturated carbocycles. The van der Waals surface area contributed by atoms with Crippen LogP contribution in [0.3, 0.4) is 0 Å². The van der Waals surface area contributed by atoms with Gasteiger partial charge in [-0.25, -0.2) is 0 Å². The molecule has 3 rings (SSSR count). The number of ether oxygens (including phenoxy) is 1. The lowest BCUT2D eigenvalue weighted by atomic mass is 9.83. The maximum atomic E-state index is 5.87. The lowest BCUT2D eigenvalue weighted by Crippen LogP contribution is -2.08. The molecular formula is C35H44O. The first kappa shape index (κ1) is 27.5. The van der Waals surface area contributed by atoms with Gasteiger partial charge in [-0.15, -0.1) is 0 Å². The molecule has 2 atom stereocenters. The van der Waals surface area contributed by atoms with Gasteiger partial charge in [0.15, 0.2) is 0 Å². The standard InChI is InChI=1S/C35H44O/c1-10-16-36-29(9)33(11-2)26(6)19-31-20-28(8)34(22-32-17-24(4)25(5)21-35(31)32)27(7)18-30-15-13-12-14-23(30)3/h11-15,17-18,21,31,34H,6,8-10,16,19-20,22H2,1-5,7H3/b27-18+,33-11+. The van der Waals surface area contributed by atoms with Gasteiger partial charge in [0.05, 0.1) is 6.61 Å². The Morgan fingerprint density at radius 1 is 1.03 bits per heavy atom. The molecule has 2 aromatic carbocycles. The first-order valence-corrected chi connectivity index (χ1v) is 13.3. The Balaban J connectivity index is 1.96. The summed E-state index contributed by atoms with van der Waals surface area (Å²) in [5.74, 6) is 1.39. The molecule has 1 heteroatoms. The molecule has 0 spiro atoms. The molecule has 1 aliphatic carbocycles. The van der Waals surface area contributed by atoms with Gasteiger partial charge in [0, 0.05) is 11.5 Å². The Morgan fingerprint density at radius 2 is 1.72 bits per heavy atom. The quantitative estimate of drug-likeness (QED) is 0.150. The first-order chi connectivity index (χ1) is 17.2. The van der Waals surface area contributed by atoms with E-state index >= 15 is 0 Å². The maximum Gasteiger partial charge on any atom is 0.119 e. The Morgan fingerprint density at radius 3 is 2.39 bits per heavy atom. The van der Waals surface area contributed by atoms with Crippen LogP contribution in [0.25, 0.3) is 6.08 Å². The van der Waals surface area contributed by atoms with Crippen LogP contribution in [0.15, 0.2) is 90.3 Å². The topological polar surface area (TPSA) is 9.23 Å². The lowest BCUT2D eigenvalue weighted by Gasteiger charge is -2.23. The molecule has 2 unspecified atom stereocenters. The molecule has 0 aliphatic heterocycles. The highest BCUT2D eigenvalue weighted by atomic mass is 16.5. The van der Waals surface area contributed by atoms with Crippen molar-refractivity contribution in [2.45, 2.75) is 73.1 Å². The zero-order valence-corrected chi connectivity index (χ0v) is 23.3. The molecule has 0 amide bonds. The second-order valence-electron chi connectivity index (χ2n) is 10.5. The van der Waals surface area contributed by atoms with Crippen molar-refractivity contribution in [3.05, 3.63) is 124 Å². The summed E-state index contributed by atoms with van der Waals surface area (Å²) in [6.45, 7) is 27.1. The number of rotatable bonds is 9. The van der Waals surface area contributed by atoms with Gasteiger partial charge in [0.25, 0.3) is 0 Å². The Hall–Kier alpha value is -3.06. The van der Waals surface area contributed by atoms with Crippen molar-refractivity contribution in [2.75, 3.05) is 6.61 Å². The summed E-state index contributed by atoms with van der Waals surface area (Å²) >= 11 is 0. The molecule has 1 aliphatic rings. The molecule has 0 aromatic heterocycles. The second-order valence-corrected chi connectivity index (χ2v) is 10.5. The summed E-state index contributed by atoms with van der Waals surface area (Å²) in [5.41, 5.74) is 13.0. The molecule has 0 bridgehead atoms. The zero-order chi connectivity index (χ0) is 26.4. The van der Waals surface area contributed by atoms with Crippen molar-refractivity contribution in [3.8, 4) is 0 Å². The minimum Gasteiger partial charge on any atom is -0.494 e. The van der Waals surface area contributed by atoms with Crippen LogP contribution in [-0.2, 0) is 11.2 Å². The third-order valence-corrected chi connectivity index (χ3v) is 7.69. The van der Waals surface area contributed by atoms with Gasteiger partial charge in [-0.2, -0.15) is 0 Å². The van der Waals surface area contributed by atoms with Gasteiger partial charge >= 0.3 is 0 Å². The fourth-order valence-electron chi connectivity index (χ4n) is 5.42. The number of allylic oxidation sites excluding steroid dienone is 4. The SMILES string of the molecule is C=C(CC1CC(=C)C(/C(C)=C/c2ccccc2C)Cc2cc(C)c(C)cc21)/C(=C\C)C(=C)OCCC. The highest BCUT2D eigenvalue weighted by Gasteiger charge is 2.29. The smallest absolute Gasteiger partial charge is 0.119 e. The molecule has 2 aromatic rings. The highest BCUT2D eigenvalue weighted by Crippen LogP contribution is 2.43. The fourth-order valence-corrected chi connectivity index (χ4v) is 5.42. The minimum atomic E-state index is 0.327. The van der Waals surface area contributed by atoms with Crippen molar-refractivity contribution in [1.82, 2.24) is 0 Å². The summed E-state index contributed by atoms with van der Waals surface area (Å²) in [6.07, 6.45) is 8.24. The molecular weight excluding hydrogens is 436 g/mol. The summed E-state index contributed by atoms with van der Waals surface area (Å²) < 4.78 is 5.87. The van der Waals surface area contributed by atoms with Crippen LogP contribution in [0, 0.1) is 26.7 Å². The predicted molar refractivity (Wildman–Crippen MR) is 157 cm³/mol. The van der Waals surface area contributed by atoms with Crippen LogP contribution in [0.5, 0.6) is 0 Å². The van der Waals surface area contributed by atoms with Crippen LogP contribution in [-0.4, -0.2) is 6.61 Å². The molecule has 0 radical (unpaired) electrons. The van der Waals surface area contributed by atoms with Crippen molar-refractivity contribution < 1.29 is 4.74 Å². The van der Waals surface area contributed by atoms with Gasteiger partial charge in [0.2, 0.25) is 0 Å². The average Bonchev–Trinajstić information content (AvgIpc) is 2.96. The number of fused-ring (bicyclic) bond motifs is 1. The van der Waals surface area contributed by atoms with Gasteiger partial charge in [-0.1, -0.05) is 86.4 Å². The van der Waals surface area contributed by atoms with Crippen LogP contribution < -0.4 is 0 Å². The van der Waals surface area contributed by atoms with E-state index in [1.54, 1.807) is 0 Å². The monoisotopic (exact) mass is 480 g/mol. The van der Waals surface area contributed by atoms with E-state index in [2.05, 4.69) is 103 Å². The van der Waals surface area contributed by atoms with Crippen LogP contribution in [0.2, 0.25) is 0 Å². The number of hydrogen-bond donors (Lipinski definition) is 0. The molecule has 36 heavy (non-hydrogen) atoms. The molecule has 1 nitrogen and oxygen atoms in total. The van der Waals surface area contributed by atoms with E-state index in [1.165, 1.54) is 44.5 Å². The first-order valence-electron chi connectivity index (χ1n) is 13.3. The average molecular weight is 481 g/mol. The normalized spacial score (nSPS) is 18.4. The van der Waals surface area contributed by atoms with E-state index < -0.39 is 0 Å². The van der Waals surface area contributed by atoms with E-state index in [0.717, 1.165) is 42.6 Å². The van der Waals surface area contributed by atoms with E-state index in [-0.39, 0.29) is 0 Å². The predicted octanol–water partition coefficient (Wildman–Crippen LogP) is 9.75. The maximum absolute atomic E-state index is 5.87. The summed E-state index contributed by atoms with van der Waals surface area (Å²) in [4.78, 5) is 0. The van der Waals surface area contributed by atoms with Crippen molar-refractivity contribution in [3.63, 3.8) is 0 Å². The minimum absolute atomic E-state index is 0.327. The van der Waals surface area contributed by atoms with Gasteiger partial charge < -0.3 is 4.74 Å². The van der Waals surface area contributed by atoms with Crippen molar-refractivity contribution in [1.29, 1.82) is 0 Å². The lowest BCUT2D eigenvalue weighted by molar-refractivity contribution is 0.222. The van der Waals surface area contributed by atoms with Crippen LogP contribution in [0.4, 0.5) is 0 Å². The number of hydrogen-bond acceptors (Lipinski definition) is 1. The molecule has 190 valence electrons. The van der Waals surface area contributed by atoms with E-state index in [1.807, 2.05) is 6.92 Å². The fraction of sp³-hybridized carbons (Fsp3) is 0.371. The molecule has 0 saturated heterocycles. The van der Waals surface area contributed by atoms with E-state index in [9.17, 15) is 0 Å². The number of aryl methyl sites for hydroxylation is 3. The zero-order valence-electron chi connectivity index (χ0n) is 23.3. The van der Waals surface area contributed by atoms with Crippen molar-refractivity contribution >= 4 is 6.08 Å².